The SMILES string of the molecule is C=CCCCCNC(=O)[C@@H]1C[C@H](Oc2cc(-c3ccccc3)nc3cc(OC)ccc23)C[C@H]1C(=O)NC1(C(=O)OCC)CC1C=C. The number of nitrogens with zero attached hydrogens (tertiary/aromatic N) is 1. The number of amides is 2. The van der Waals surface area contributed by atoms with E-state index in [1.54, 1.807) is 20.1 Å². The highest BCUT2D eigenvalue weighted by molar-refractivity contribution is 5.95. The first-order valence-corrected chi connectivity index (χ1v) is 16.0. The average molecular weight is 626 g/mol. The lowest BCUT2D eigenvalue weighted by molar-refractivity contribution is -0.150. The summed E-state index contributed by atoms with van der Waals surface area (Å²) in [5.74, 6) is -1.30. The van der Waals surface area contributed by atoms with E-state index in [0.717, 1.165) is 35.9 Å². The number of aromatic nitrogens is 1. The number of hydrogen-bond acceptors (Lipinski definition) is 7. The summed E-state index contributed by atoms with van der Waals surface area (Å²) in [4.78, 5) is 45.2. The number of allylic oxidation sites excluding steroid dienone is 1. The molecule has 0 spiro atoms. The van der Waals surface area contributed by atoms with Crippen LogP contribution in [0.3, 0.4) is 0 Å². The van der Waals surface area contributed by atoms with Crippen LogP contribution in [0.2, 0.25) is 0 Å². The van der Waals surface area contributed by atoms with Gasteiger partial charge in [0, 0.05) is 35.5 Å². The number of unbranched alkanes of at least 4 members (excludes halogenated alkanes) is 2. The molecule has 1 aromatic heterocycles. The number of methoxy groups -OCH3 is 1. The molecule has 46 heavy (non-hydrogen) atoms. The normalized spacial score (nSPS) is 23.3. The number of carbonyl (C=O) groups is 3. The number of benzene rings is 2. The molecule has 2 aliphatic carbocycles. The van der Waals surface area contributed by atoms with Gasteiger partial charge >= 0.3 is 5.97 Å². The second kappa shape index (κ2) is 14.6. The summed E-state index contributed by atoms with van der Waals surface area (Å²) in [5.41, 5.74) is 1.22. The number of pyridine rings is 1. The van der Waals surface area contributed by atoms with Crippen molar-refractivity contribution in [3.05, 3.63) is 79.9 Å². The van der Waals surface area contributed by atoms with Crippen LogP contribution in [-0.4, -0.2) is 54.7 Å². The van der Waals surface area contributed by atoms with Crippen LogP contribution in [0.25, 0.3) is 22.2 Å². The lowest BCUT2D eigenvalue weighted by Crippen LogP contribution is -2.50. The molecule has 2 unspecified atom stereocenters. The van der Waals surface area contributed by atoms with Crippen LogP contribution in [0.4, 0.5) is 0 Å². The van der Waals surface area contributed by atoms with E-state index in [0.29, 0.717) is 42.8 Å². The topological polar surface area (TPSA) is 116 Å². The highest BCUT2D eigenvalue weighted by atomic mass is 16.5. The minimum Gasteiger partial charge on any atom is -0.497 e. The molecule has 2 aromatic carbocycles. The number of ether oxygens (including phenoxy) is 3. The van der Waals surface area contributed by atoms with Crippen molar-refractivity contribution in [3.8, 4) is 22.8 Å². The second-order valence-electron chi connectivity index (χ2n) is 12.0. The summed E-state index contributed by atoms with van der Waals surface area (Å²) >= 11 is 0. The number of esters is 1. The molecule has 0 bridgehead atoms. The Kier molecular flexibility index (Phi) is 10.4. The van der Waals surface area contributed by atoms with Gasteiger partial charge in [-0.15, -0.1) is 13.2 Å². The molecule has 2 N–H and O–H groups in total. The largest absolute Gasteiger partial charge is 0.497 e. The van der Waals surface area contributed by atoms with Crippen LogP contribution in [0.5, 0.6) is 11.5 Å². The molecule has 9 heteroatoms. The summed E-state index contributed by atoms with van der Waals surface area (Å²) in [7, 11) is 1.61. The fourth-order valence-corrected chi connectivity index (χ4v) is 6.33. The molecule has 0 radical (unpaired) electrons. The van der Waals surface area contributed by atoms with Crippen LogP contribution >= 0.6 is 0 Å². The first kappa shape index (κ1) is 32.7. The molecule has 242 valence electrons. The highest BCUT2D eigenvalue weighted by Crippen LogP contribution is 2.47. The van der Waals surface area contributed by atoms with E-state index in [1.807, 2.05) is 60.7 Å². The smallest absolute Gasteiger partial charge is 0.332 e. The zero-order valence-corrected chi connectivity index (χ0v) is 26.6. The van der Waals surface area contributed by atoms with E-state index in [2.05, 4.69) is 23.8 Å². The number of hydrogen-bond donors (Lipinski definition) is 2. The van der Waals surface area contributed by atoms with E-state index in [1.165, 1.54) is 0 Å². The molecule has 5 rings (SSSR count). The lowest BCUT2D eigenvalue weighted by Gasteiger charge is -2.23. The monoisotopic (exact) mass is 625 g/mol. The molecule has 0 saturated heterocycles. The Morgan fingerprint density at radius 2 is 1.78 bits per heavy atom. The fourth-order valence-electron chi connectivity index (χ4n) is 6.33. The number of rotatable bonds is 15. The van der Waals surface area contributed by atoms with Gasteiger partial charge in [0.2, 0.25) is 11.8 Å². The van der Waals surface area contributed by atoms with Crippen molar-refractivity contribution < 1.29 is 28.6 Å². The summed E-state index contributed by atoms with van der Waals surface area (Å²) in [6.07, 6.45) is 6.75. The Labute approximate surface area is 270 Å². The third-order valence-corrected chi connectivity index (χ3v) is 8.95. The molecular weight excluding hydrogens is 582 g/mol. The minimum absolute atomic E-state index is 0.194. The predicted octanol–water partition coefficient (Wildman–Crippen LogP) is 5.78. The Bertz CT molecular complexity index is 1590. The maximum atomic E-state index is 13.9. The highest BCUT2D eigenvalue weighted by Gasteiger charge is 2.62. The standard InChI is InChI=1S/C37H43N3O6/c1-5-8-9-13-18-38-34(41)29-19-27(20-30(29)35(42)40-37(23-25(37)6-2)36(43)45-7-3)46-33-22-31(24-14-11-10-12-15-24)39-32-21-26(44-4)16-17-28(32)33/h5-6,10-12,14-17,21-22,25,27,29-30H,1-2,7-9,13,18-20,23H2,3-4H3,(H,38,41)(H,40,42)/t25?,27-,29+,30+,37?/m0/s1. The Morgan fingerprint density at radius 1 is 1.02 bits per heavy atom. The average Bonchev–Trinajstić information content (AvgIpc) is 3.63. The first-order chi connectivity index (χ1) is 22.3. The van der Waals surface area contributed by atoms with Crippen molar-refractivity contribution in [1.29, 1.82) is 0 Å². The number of fused-ring (bicyclic) bond motifs is 1. The minimum atomic E-state index is -1.15. The quantitative estimate of drug-likeness (QED) is 0.125. The van der Waals surface area contributed by atoms with E-state index in [-0.39, 0.29) is 24.3 Å². The molecule has 0 aliphatic heterocycles. The van der Waals surface area contributed by atoms with Crippen molar-refractivity contribution in [2.45, 2.75) is 57.1 Å². The molecule has 2 amide bonds. The van der Waals surface area contributed by atoms with Gasteiger partial charge in [0.05, 0.1) is 36.8 Å². The lowest BCUT2D eigenvalue weighted by atomic mass is 9.93. The van der Waals surface area contributed by atoms with E-state index in [4.69, 9.17) is 19.2 Å². The van der Waals surface area contributed by atoms with Gasteiger partial charge in [-0.05, 0) is 57.6 Å². The van der Waals surface area contributed by atoms with Crippen LogP contribution in [0.15, 0.2) is 79.9 Å². The molecule has 9 nitrogen and oxygen atoms in total. The Hall–Kier alpha value is -4.66. The second-order valence-corrected chi connectivity index (χ2v) is 12.0. The van der Waals surface area contributed by atoms with Crippen molar-refractivity contribution in [2.75, 3.05) is 20.3 Å². The van der Waals surface area contributed by atoms with Crippen LogP contribution in [-0.2, 0) is 19.1 Å². The van der Waals surface area contributed by atoms with Crippen LogP contribution < -0.4 is 20.1 Å². The van der Waals surface area contributed by atoms with Crippen molar-refractivity contribution in [2.24, 2.45) is 17.8 Å². The van der Waals surface area contributed by atoms with Gasteiger partial charge < -0.3 is 24.8 Å². The van der Waals surface area contributed by atoms with Crippen molar-refractivity contribution >= 4 is 28.7 Å². The molecule has 2 fully saturated rings. The van der Waals surface area contributed by atoms with Gasteiger partial charge in [-0.2, -0.15) is 0 Å². The van der Waals surface area contributed by atoms with Crippen molar-refractivity contribution in [1.82, 2.24) is 15.6 Å². The van der Waals surface area contributed by atoms with Crippen molar-refractivity contribution in [3.63, 3.8) is 0 Å². The van der Waals surface area contributed by atoms with Gasteiger partial charge in [0.1, 0.15) is 23.1 Å². The summed E-state index contributed by atoms with van der Waals surface area (Å²) in [5, 5.41) is 6.79. The van der Waals surface area contributed by atoms with E-state index < -0.39 is 29.4 Å². The third-order valence-electron chi connectivity index (χ3n) is 8.95. The van der Waals surface area contributed by atoms with Gasteiger partial charge in [-0.1, -0.05) is 42.5 Å². The maximum Gasteiger partial charge on any atom is 0.332 e. The predicted molar refractivity (Wildman–Crippen MR) is 177 cm³/mol. The maximum absolute atomic E-state index is 13.9. The summed E-state index contributed by atoms with van der Waals surface area (Å²) < 4.78 is 17.4. The number of carbonyl (C=O) groups excluding carboxylic acids is 3. The molecular formula is C37H43N3O6. The number of nitrogens with one attached hydrogen (secondary N) is 2. The molecule has 5 atom stereocenters. The van der Waals surface area contributed by atoms with E-state index >= 15 is 0 Å². The summed E-state index contributed by atoms with van der Waals surface area (Å²) in [6.45, 7) is 10.0. The van der Waals surface area contributed by atoms with Gasteiger partial charge in [-0.3, -0.25) is 9.59 Å². The van der Waals surface area contributed by atoms with E-state index in [9.17, 15) is 14.4 Å². The van der Waals surface area contributed by atoms with Crippen LogP contribution in [0.1, 0.15) is 45.4 Å². The van der Waals surface area contributed by atoms with Gasteiger partial charge in [-0.25, -0.2) is 9.78 Å². The summed E-state index contributed by atoms with van der Waals surface area (Å²) in [6, 6.07) is 17.3. The van der Waals surface area contributed by atoms with Gasteiger partial charge in [0.15, 0.2) is 0 Å². The zero-order chi connectivity index (χ0) is 32.7. The Morgan fingerprint density at radius 3 is 2.46 bits per heavy atom. The van der Waals surface area contributed by atoms with Gasteiger partial charge in [0.25, 0.3) is 0 Å². The Balaban J connectivity index is 1.42. The fraction of sp³-hybridized carbons (Fsp3) is 0.405. The third kappa shape index (κ3) is 7.09. The van der Waals surface area contributed by atoms with Crippen LogP contribution in [0, 0.1) is 17.8 Å². The first-order valence-electron chi connectivity index (χ1n) is 16.0. The zero-order valence-electron chi connectivity index (χ0n) is 26.6. The molecule has 3 aromatic rings. The molecule has 1 heterocycles. The molecule has 2 saturated carbocycles. The molecule has 2 aliphatic rings.